The molecule has 190 valence electrons. The summed E-state index contributed by atoms with van der Waals surface area (Å²) in [4.78, 5) is 34.5. The van der Waals surface area contributed by atoms with Gasteiger partial charge < -0.3 is 4.74 Å². The maximum Gasteiger partial charge on any atom is 0.260 e. The summed E-state index contributed by atoms with van der Waals surface area (Å²) in [6.07, 6.45) is 0.670. The molecule has 0 atom stereocenters. The molecule has 9 heteroatoms. The third kappa shape index (κ3) is 5.74. The van der Waals surface area contributed by atoms with Gasteiger partial charge in [0.2, 0.25) is 0 Å². The summed E-state index contributed by atoms with van der Waals surface area (Å²) in [7, 11) is 0. The smallest absolute Gasteiger partial charge is 0.260 e. The van der Waals surface area contributed by atoms with Gasteiger partial charge in [0, 0.05) is 48.9 Å². The normalized spacial score (nSPS) is 14.1. The van der Waals surface area contributed by atoms with Gasteiger partial charge in [-0.1, -0.05) is 53.8 Å². The molecule has 0 spiro atoms. The summed E-state index contributed by atoms with van der Waals surface area (Å²) < 4.78 is 33.9. The second-order valence-corrected chi connectivity index (χ2v) is 9.78. The highest BCUT2D eigenvalue weighted by Crippen LogP contribution is 2.32. The number of hydrogen-bond donors (Lipinski definition) is 0. The molecule has 0 saturated carbocycles. The molecular weight excluding hydrogens is 496 g/mol. The highest BCUT2D eigenvalue weighted by Gasteiger charge is 2.23. The number of fused-ring (bicyclic) bond motifs is 1. The van der Waals surface area contributed by atoms with E-state index in [-0.39, 0.29) is 17.2 Å². The van der Waals surface area contributed by atoms with Crippen LogP contribution in [0, 0.1) is 11.6 Å². The lowest BCUT2D eigenvalue weighted by molar-refractivity contribution is 0.0376. The van der Waals surface area contributed by atoms with Crippen LogP contribution in [0.1, 0.15) is 32.7 Å². The predicted molar refractivity (Wildman–Crippen MR) is 139 cm³/mol. The maximum absolute atomic E-state index is 14.4. The van der Waals surface area contributed by atoms with Crippen molar-refractivity contribution in [3.8, 4) is 0 Å². The molecule has 1 amide bonds. The summed E-state index contributed by atoms with van der Waals surface area (Å²) in [6, 6.07) is 17.4. The Hall–Kier alpha value is -3.53. The van der Waals surface area contributed by atoms with Gasteiger partial charge in [0.25, 0.3) is 5.91 Å². The number of amides is 1. The van der Waals surface area contributed by atoms with Crippen molar-refractivity contribution in [2.75, 3.05) is 44.3 Å². The molecule has 1 saturated heterocycles. The Labute approximate surface area is 217 Å². The number of halogens is 2. The van der Waals surface area contributed by atoms with E-state index in [1.807, 2.05) is 6.07 Å². The van der Waals surface area contributed by atoms with Crippen LogP contribution in [0.5, 0.6) is 0 Å². The number of ether oxygens (including phenoxy) is 1. The van der Waals surface area contributed by atoms with Crippen molar-refractivity contribution in [1.29, 1.82) is 0 Å². The molecule has 1 aliphatic rings. The first-order valence-corrected chi connectivity index (χ1v) is 12.9. The van der Waals surface area contributed by atoms with Crippen molar-refractivity contribution in [2.24, 2.45) is 0 Å². The van der Waals surface area contributed by atoms with Crippen LogP contribution >= 0.6 is 11.3 Å². The molecule has 3 aromatic carbocycles. The van der Waals surface area contributed by atoms with Crippen LogP contribution in [0.3, 0.4) is 0 Å². The van der Waals surface area contributed by atoms with E-state index in [4.69, 9.17) is 4.74 Å². The number of ketones is 1. The molecule has 1 aromatic heterocycles. The summed E-state index contributed by atoms with van der Waals surface area (Å²) in [6.45, 7) is 4.14. The topological polar surface area (TPSA) is 62.7 Å². The van der Waals surface area contributed by atoms with Gasteiger partial charge in [0.1, 0.15) is 11.3 Å². The molecule has 4 aromatic rings. The Morgan fingerprint density at radius 1 is 0.946 bits per heavy atom. The molecule has 0 aliphatic carbocycles. The SMILES string of the molecule is O=C(c1ccccc1)c1ccc(C(=O)N(CCCN2CCOCC2)c2nc3c(F)cc(F)cc3s2)cc1. The van der Waals surface area contributed by atoms with Crippen LogP contribution in [0.4, 0.5) is 13.9 Å². The highest BCUT2D eigenvalue weighted by atomic mass is 32.1. The Bertz CT molecular complexity index is 1400. The fourth-order valence-corrected chi connectivity index (χ4v) is 5.33. The molecule has 0 radical (unpaired) electrons. The molecule has 1 fully saturated rings. The van der Waals surface area contributed by atoms with Crippen LogP contribution in [-0.2, 0) is 4.74 Å². The number of morpholine rings is 1. The second-order valence-electron chi connectivity index (χ2n) is 8.77. The van der Waals surface area contributed by atoms with E-state index >= 15 is 0 Å². The zero-order valence-corrected chi connectivity index (χ0v) is 20.8. The van der Waals surface area contributed by atoms with Crippen LogP contribution in [0.25, 0.3) is 10.2 Å². The fraction of sp³-hybridized carbons (Fsp3) is 0.250. The summed E-state index contributed by atoms with van der Waals surface area (Å²) >= 11 is 1.07. The highest BCUT2D eigenvalue weighted by molar-refractivity contribution is 7.22. The number of carbonyl (C=O) groups is 2. The first kappa shape index (κ1) is 25.1. The molecule has 37 heavy (non-hydrogen) atoms. The lowest BCUT2D eigenvalue weighted by Crippen LogP contribution is -2.39. The average Bonchev–Trinajstić information content (AvgIpc) is 3.35. The largest absolute Gasteiger partial charge is 0.379 e. The second kappa shape index (κ2) is 11.2. The predicted octanol–water partition coefficient (Wildman–Crippen LogP) is 5.17. The van der Waals surface area contributed by atoms with E-state index < -0.39 is 11.6 Å². The molecule has 0 N–H and O–H groups in total. The molecule has 0 unspecified atom stereocenters. The van der Waals surface area contributed by atoms with Crippen LogP contribution in [-0.4, -0.2) is 61.0 Å². The average molecular weight is 522 g/mol. The van der Waals surface area contributed by atoms with Crippen molar-refractivity contribution in [1.82, 2.24) is 9.88 Å². The van der Waals surface area contributed by atoms with Gasteiger partial charge in [-0.25, -0.2) is 13.8 Å². The number of anilines is 1. The fourth-order valence-electron chi connectivity index (χ4n) is 4.30. The summed E-state index contributed by atoms with van der Waals surface area (Å²) in [5, 5.41) is 0.302. The molecule has 1 aliphatic heterocycles. The van der Waals surface area contributed by atoms with Crippen LogP contribution < -0.4 is 4.90 Å². The standard InChI is InChI=1S/C28H25F2N3O3S/c29-22-17-23(30)25-24(18-22)37-28(31-25)33(12-4-11-32-13-15-36-16-14-32)27(35)21-9-7-20(8-10-21)26(34)19-5-2-1-3-6-19/h1-3,5-10,17-18H,4,11-16H2. The van der Waals surface area contributed by atoms with Gasteiger partial charge in [-0.3, -0.25) is 19.4 Å². The Morgan fingerprint density at radius 3 is 2.35 bits per heavy atom. The van der Waals surface area contributed by atoms with Crippen molar-refractivity contribution >= 4 is 38.4 Å². The number of carbonyl (C=O) groups excluding carboxylic acids is 2. The first-order chi connectivity index (χ1) is 18.0. The van der Waals surface area contributed by atoms with Crippen molar-refractivity contribution in [3.05, 3.63) is 95.1 Å². The molecule has 6 nitrogen and oxygen atoms in total. The zero-order chi connectivity index (χ0) is 25.8. The van der Waals surface area contributed by atoms with Gasteiger partial charge in [0.05, 0.1) is 17.9 Å². The number of hydrogen-bond acceptors (Lipinski definition) is 6. The van der Waals surface area contributed by atoms with Gasteiger partial charge in [-0.05, 0) is 24.6 Å². The van der Waals surface area contributed by atoms with Gasteiger partial charge >= 0.3 is 0 Å². The van der Waals surface area contributed by atoms with E-state index in [1.54, 1.807) is 48.5 Å². The first-order valence-electron chi connectivity index (χ1n) is 12.1. The molecule has 0 bridgehead atoms. The van der Waals surface area contributed by atoms with Gasteiger partial charge in [-0.2, -0.15) is 0 Å². The number of benzene rings is 3. The van der Waals surface area contributed by atoms with Crippen molar-refractivity contribution in [3.63, 3.8) is 0 Å². The number of rotatable bonds is 8. The lowest BCUT2D eigenvalue weighted by atomic mass is 10.0. The van der Waals surface area contributed by atoms with E-state index in [0.29, 0.717) is 52.7 Å². The number of thiazole rings is 1. The van der Waals surface area contributed by atoms with Crippen LogP contribution in [0.15, 0.2) is 66.7 Å². The molecular formula is C28H25F2N3O3S. The van der Waals surface area contributed by atoms with Gasteiger partial charge in [-0.15, -0.1) is 0 Å². The van der Waals surface area contributed by atoms with E-state index in [2.05, 4.69) is 9.88 Å². The number of aromatic nitrogens is 1. The van der Waals surface area contributed by atoms with Crippen molar-refractivity contribution < 1.29 is 23.1 Å². The minimum absolute atomic E-state index is 0.0381. The Kier molecular flexibility index (Phi) is 7.64. The van der Waals surface area contributed by atoms with E-state index in [9.17, 15) is 18.4 Å². The van der Waals surface area contributed by atoms with Gasteiger partial charge in [0.15, 0.2) is 16.7 Å². The quantitative estimate of drug-likeness (QED) is 0.299. The minimum Gasteiger partial charge on any atom is -0.379 e. The third-order valence-corrected chi connectivity index (χ3v) is 7.29. The number of nitrogens with zero attached hydrogens (tertiary/aromatic N) is 3. The maximum atomic E-state index is 14.4. The summed E-state index contributed by atoms with van der Waals surface area (Å²) in [5.41, 5.74) is 1.45. The zero-order valence-electron chi connectivity index (χ0n) is 20.0. The van der Waals surface area contributed by atoms with Crippen LogP contribution in [0.2, 0.25) is 0 Å². The van der Waals surface area contributed by atoms with E-state index in [1.165, 1.54) is 11.0 Å². The summed E-state index contributed by atoms with van der Waals surface area (Å²) in [5.74, 6) is -1.91. The Morgan fingerprint density at radius 2 is 1.62 bits per heavy atom. The van der Waals surface area contributed by atoms with E-state index in [0.717, 1.165) is 37.0 Å². The molecule has 2 heterocycles. The van der Waals surface area contributed by atoms with Crippen molar-refractivity contribution in [2.45, 2.75) is 6.42 Å². The Balaban J connectivity index is 1.39. The minimum atomic E-state index is -0.762. The molecule has 5 rings (SSSR count). The third-order valence-electron chi connectivity index (χ3n) is 6.27. The monoisotopic (exact) mass is 521 g/mol. The lowest BCUT2D eigenvalue weighted by Gasteiger charge is -2.27.